The molecule has 3 N–H and O–H groups in total. The van der Waals surface area contributed by atoms with Gasteiger partial charge >= 0.3 is 5.69 Å². The number of hydrogen-bond donors (Lipinski definition) is 3. The van der Waals surface area contributed by atoms with Crippen LogP contribution in [0, 0.1) is 0 Å². The number of carbonyl (C=O) groups is 2. The molecule has 162 valence electrons. The highest BCUT2D eigenvalue weighted by Gasteiger charge is 2.28. The first-order valence-electron chi connectivity index (χ1n) is 10.5. The van der Waals surface area contributed by atoms with Crippen molar-refractivity contribution < 1.29 is 9.59 Å². The van der Waals surface area contributed by atoms with E-state index in [0.717, 1.165) is 37.0 Å². The van der Waals surface area contributed by atoms with E-state index in [4.69, 9.17) is 0 Å². The summed E-state index contributed by atoms with van der Waals surface area (Å²) in [7, 11) is 0. The highest BCUT2D eigenvalue weighted by atomic mass is 16.2. The number of rotatable bonds is 5. The van der Waals surface area contributed by atoms with Crippen molar-refractivity contribution in [2.24, 2.45) is 0 Å². The largest absolute Gasteiger partial charge is 0.326 e. The van der Waals surface area contributed by atoms with Crippen LogP contribution in [-0.4, -0.2) is 45.4 Å². The van der Waals surface area contributed by atoms with Crippen molar-refractivity contribution >= 4 is 34.2 Å². The van der Waals surface area contributed by atoms with E-state index >= 15 is 0 Å². The SMILES string of the molecule is CC(=O)Nc1ccc(NC(=O)C(C)N2CCC(n3c(=O)[nH]c4ccccc43)CC2)cc1. The number of aromatic nitrogens is 2. The molecule has 3 aromatic rings. The molecular weight excluding hydrogens is 394 g/mol. The van der Waals surface area contributed by atoms with Crippen LogP contribution < -0.4 is 16.3 Å². The van der Waals surface area contributed by atoms with Gasteiger partial charge < -0.3 is 15.6 Å². The van der Waals surface area contributed by atoms with Gasteiger partial charge in [0.2, 0.25) is 11.8 Å². The minimum atomic E-state index is -0.282. The molecule has 2 heterocycles. The Morgan fingerprint density at radius 2 is 1.61 bits per heavy atom. The normalized spacial score (nSPS) is 16.2. The van der Waals surface area contributed by atoms with Crippen LogP contribution in [0.1, 0.15) is 32.7 Å². The summed E-state index contributed by atoms with van der Waals surface area (Å²) in [4.78, 5) is 41.4. The summed E-state index contributed by atoms with van der Waals surface area (Å²) in [6.07, 6.45) is 1.62. The molecule has 1 saturated heterocycles. The quantitative estimate of drug-likeness (QED) is 0.590. The van der Waals surface area contributed by atoms with E-state index < -0.39 is 0 Å². The number of piperidine rings is 1. The van der Waals surface area contributed by atoms with Gasteiger partial charge in [-0.2, -0.15) is 0 Å². The summed E-state index contributed by atoms with van der Waals surface area (Å²) in [6, 6.07) is 14.6. The van der Waals surface area contributed by atoms with Crippen LogP contribution in [0.25, 0.3) is 11.0 Å². The summed E-state index contributed by atoms with van der Waals surface area (Å²) in [6.45, 7) is 4.84. The predicted octanol–water partition coefficient (Wildman–Crippen LogP) is 2.95. The number of imidazole rings is 1. The zero-order valence-corrected chi connectivity index (χ0v) is 17.7. The van der Waals surface area contributed by atoms with E-state index in [1.54, 1.807) is 24.3 Å². The Balaban J connectivity index is 1.36. The number of fused-ring (bicyclic) bond motifs is 1. The first-order chi connectivity index (χ1) is 14.9. The predicted molar refractivity (Wildman–Crippen MR) is 121 cm³/mol. The molecule has 2 amide bonds. The second-order valence-electron chi connectivity index (χ2n) is 8.01. The van der Waals surface area contributed by atoms with Gasteiger partial charge in [-0.05, 0) is 56.2 Å². The number of likely N-dealkylation sites (tertiary alicyclic amines) is 1. The van der Waals surface area contributed by atoms with E-state index in [-0.39, 0.29) is 29.6 Å². The molecule has 1 atom stereocenters. The minimum Gasteiger partial charge on any atom is -0.326 e. The molecule has 0 aliphatic carbocycles. The van der Waals surface area contributed by atoms with Crippen molar-refractivity contribution in [1.29, 1.82) is 0 Å². The number of aromatic amines is 1. The topological polar surface area (TPSA) is 99.2 Å². The molecule has 0 saturated carbocycles. The van der Waals surface area contributed by atoms with Crippen LogP contribution in [0.4, 0.5) is 11.4 Å². The number of nitrogens with zero attached hydrogens (tertiary/aromatic N) is 2. The van der Waals surface area contributed by atoms with Gasteiger partial charge in [-0.15, -0.1) is 0 Å². The van der Waals surface area contributed by atoms with Crippen LogP contribution in [0.3, 0.4) is 0 Å². The Morgan fingerprint density at radius 3 is 2.26 bits per heavy atom. The summed E-state index contributed by atoms with van der Waals surface area (Å²) in [5.74, 6) is -0.210. The van der Waals surface area contributed by atoms with E-state index in [2.05, 4.69) is 20.5 Å². The van der Waals surface area contributed by atoms with Crippen molar-refractivity contribution in [2.45, 2.75) is 38.8 Å². The van der Waals surface area contributed by atoms with Gasteiger partial charge in [-0.25, -0.2) is 4.79 Å². The smallest absolute Gasteiger partial charge is 0.326 e. The second-order valence-corrected chi connectivity index (χ2v) is 8.01. The maximum atomic E-state index is 12.7. The molecule has 1 unspecified atom stereocenters. The van der Waals surface area contributed by atoms with E-state index in [0.29, 0.717) is 11.4 Å². The highest BCUT2D eigenvalue weighted by Crippen LogP contribution is 2.26. The van der Waals surface area contributed by atoms with Gasteiger partial charge in [-0.3, -0.25) is 19.1 Å². The fourth-order valence-corrected chi connectivity index (χ4v) is 4.22. The van der Waals surface area contributed by atoms with Crippen molar-refractivity contribution in [3.63, 3.8) is 0 Å². The van der Waals surface area contributed by atoms with Gasteiger partial charge in [0, 0.05) is 37.4 Å². The first kappa shape index (κ1) is 20.9. The fourth-order valence-electron chi connectivity index (χ4n) is 4.22. The maximum absolute atomic E-state index is 12.7. The number of amides is 2. The van der Waals surface area contributed by atoms with Crippen molar-refractivity contribution in [3.05, 3.63) is 59.0 Å². The lowest BCUT2D eigenvalue weighted by molar-refractivity contribution is -0.121. The van der Waals surface area contributed by atoms with Gasteiger partial charge in [0.15, 0.2) is 0 Å². The van der Waals surface area contributed by atoms with Gasteiger partial charge in [0.25, 0.3) is 0 Å². The van der Waals surface area contributed by atoms with E-state index in [9.17, 15) is 14.4 Å². The van der Waals surface area contributed by atoms with Crippen LogP contribution in [0.2, 0.25) is 0 Å². The lowest BCUT2D eigenvalue weighted by Crippen LogP contribution is -2.46. The number of hydrogen-bond acceptors (Lipinski definition) is 4. The fraction of sp³-hybridized carbons (Fsp3) is 0.348. The summed E-state index contributed by atoms with van der Waals surface area (Å²) in [5.41, 5.74) is 3.08. The van der Waals surface area contributed by atoms with Crippen LogP contribution in [-0.2, 0) is 9.59 Å². The molecule has 2 aromatic carbocycles. The zero-order chi connectivity index (χ0) is 22.0. The molecule has 31 heavy (non-hydrogen) atoms. The number of anilines is 2. The van der Waals surface area contributed by atoms with Crippen LogP contribution >= 0.6 is 0 Å². The lowest BCUT2D eigenvalue weighted by atomic mass is 10.0. The van der Waals surface area contributed by atoms with Gasteiger partial charge in [0.1, 0.15) is 0 Å². The summed E-state index contributed by atoms with van der Waals surface area (Å²) >= 11 is 0. The Morgan fingerprint density at radius 1 is 1.00 bits per heavy atom. The average Bonchev–Trinajstić information content (AvgIpc) is 3.10. The minimum absolute atomic E-state index is 0.0741. The Kier molecular flexibility index (Phi) is 5.90. The van der Waals surface area contributed by atoms with Crippen LogP contribution in [0.15, 0.2) is 53.3 Å². The zero-order valence-electron chi connectivity index (χ0n) is 17.7. The van der Waals surface area contributed by atoms with Crippen LogP contribution in [0.5, 0.6) is 0 Å². The Hall–Kier alpha value is -3.39. The lowest BCUT2D eigenvalue weighted by Gasteiger charge is -2.35. The molecule has 8 heteroatoms. The monoisotopic (exact) mass is 421 g/mol. The molecule has 8 nitrogen and oxygen atoms in total. The molecule has 0 bridgehead atoms. The number of nitrogens with one attached hydrogen (secondary N) is 3. The third kappa shape index (κ3) is 4.54. The van der Waals surface area contributed by atoms with Gasteiger partial charge in [-0.1, -0.05) is 12.1 Å². The number of benzene rings is 2. The molecular formula is C23H27N5O3. The summed E-state index contributed by atoms with van der Waals surface area (Å²) in [5, 5.41) is 5.64. The van der Waals surface area contributed by atoms with Crippen molar-refractivity contribution in [2.75, 3.05) is 23.7 Å². The average molecular weight is 422 g/mol. The number of H-pyrrole nitrogens is 1. The standard InChI is InChI=1S/C23H27N5O3/c1-15(22(30)25-18-9-7-17(8-10-18)24-16(2)29)27-13-11-19(12-14-27)28-21-6-4-3-5-20(21)26-23(28)31/h3-10,15,19H,11-14H2,1-2H3,(H,24,29)(H,25,30)(H,26,31). The Labute approximate surface area is 180 Å². The molecule has 0 spiro atoms. The molecule has 1 fully saturated rings. The summed E-state index contributed by atoms with van der Waals surface area (Å²) < 4.78 is 1.86. The second kappa shape index (κ2) is 8.77. The first-order valence-corrected chi connectivity index (χ1v) is 10.5. The third-order valence-corrected chi connectivity index (χ3v) is 5.89. The van der Waals surface area contributed by atoms with Gasteiger partial charge in [0.05, 0.1) is 17.1 Å². The third-order valence-electron chi connectivity index (χ3n) is 5.89. The molecule has 4 rings (SSSR count). The van der Waals surface area contributed by atoms with Crippen molar-refractivity contribution in [3.8, 4) is 0 Å². The maximum Gasteiger partial charge on any atom is 0.326 e. The van der Waals surface area contributed by atoms with Crippen molar-refractivity contribution in [1.82, 2.24) is 14.5 Å². The highest BCUT2D eigenvalue weighted by molar-refractivity contribution is 5.95. The molecule has 1 aliphatic rings. The molecule has 1 aromatic heterocycles. The Bertz CT molecular complexity index is 1140. The molecule has 0 radical (unpaired) electrons. The van der Waals surface area contributed by atoms with E-state index in [1.165, 1.54) is 6.92 Å². The molecule has 1 aliphatic heterocycles. The number of para-hydroxylation sites is 2. The van der Waals surface area contributed by atoms with E-state index in [1.807, 2.05) is 35.8 Å². The number of carbonyl (C=O) groups excluding carboxylic acids is 2.